The van der Waals surface area contributed by atoms with Crippen LogP contribution < -0.4 is 10.2 Å². The largest absolute Gasteiger partial charge is 0.494 e. The summed E-state index contributed by atoms with van der Waals surface area (Å²) in [6.07, 6.45) is 6.98. The van der Waals surface area contributed by atoms with Crippen molar-refractivity contribution in [3.05, 3.63) is 66.1 Å². The predicted molar refractivity (Wildman–Crippen MR) is 104 cm³/mol. The molecule has 27 heavy (non-hydrogen) atoms. The molecule has 1 amide bonds. The van der Waals surface area contributed by atoms with Crippen molar-refractivity contribution in [2.45, 2.75) is 19.8 Å². The fraction of sp³-hybridized carbons (Fsp3) is 0.200. The number of amides is 1. The monoisotopic (exact) mass is 363 g/mol. The fourth-order valence-electron chi connectivity index (χ4n) is 2.32. The maximum atomic E-state index is 12.1. The van der Waals surface area contributed by atoms with Gasteiger partial charge in [0.25, 0.3) is 5.91 Å². The van der Waals surface area contributed by atoms with Gasteiger partial charge >= 0.3 is 0 Å². The number of hydrogen-bond donors (Lipinski definition) is 2. The number of carbonyl (C=O) groups excluding carboxylic acids is 1. The quantitative estimate of drug-likeness (QED) is 0.364. The number of hydrogen-bond acceptors (Lipinski definition) is 5. The van der Waals surface area contributed by atoms with E-state index in [0.29, 0.717) is 18.0 Å². The Kier molecular flexibility index (Phi) is 6.30. The summed E-state index contributed by atoms with van der Waals surface area (Å²) in [7, 11) is 0. The molecule has 7 heteroatoms. The zero-order valence-corrected chi connectivity index (χ0v) is 15.1. The molecule has 0 atom stereocenters. The molecule has 0 saturated carbocycles. The summed E-state index contributed by atoms with van der Waals surface area (Å²) in [6, 6.07) is 13.0. The Morgan fingerprint density at radius 3 is 2.89 bits per heavy atom. The average Bonchev–Trinajstić information content (AvgIpc) is 3.20. The molecular weight excluding hydrogens is 342 g/mol. The zero-order chi connectivity index (χ0) is 18.9. The first-order chi connectivity index (χ1) is 13.3. The number of hydrazone groups is 1. The number of carbonyl (C=O) groups is 1. The van der Waals surface area contributed by atoms with Crippen molar-refractivity contribution >= 4 is 12.1 Å². The van der Waals surface area contributed by atoms with Gasteiger partial charge in [0.1, 0.15) is 11.4 Å². The van der Waals surface area contributed by atoms with Gasteiger partial charge in [-0.25, -0.2) is 5.43 Å². The summed E-state index contributed by atoms with van der Waals surface area (Å²) < 4.78 is 5.65. The summed E-state index contributed by atoms with van der Waals surface area (Å²) in [5.41, 5.74) is 5.16. The van der Waals surface area contributed by atoms with Crippen LogP contribution in [0.1, 0.15) is 35.8 Å². The summed E-state index contributed by atoms with van der Waals surface area (Å²) >= 11 is 0. The van der Waals surface area contributed by atoms with Gasteiger partial charge in [-0.2, -0.15) is 10.2 Å². The Labute approximate surface area is 157 Å². The maximum Gasteiger partial charge on any atom is 0.289 e. The molecule has 7 nitrogen and oxygen atoms in total. The number of unbranched alkanes of at least 4 members (excludes halogenated alkanes) is 1. The van der Waals surface area contributed by atoms with Crippen molar-refractivity contribution in [2.75, 3.05) is 6.61 Å². The van der Waals surface area contributed by atoms with Crippen LogP contribution >= 0.6 is 0 Å². The molecule has 0 bridgehead atoms. The number of aromatic nitrogens is 3. The third-order valence-electron chi connectivity index (χ3n) is 3.80. The van der Waals surface area contributed by atoms with E-state index in [1.54, 1.807) is 24.5 Å². The van der Waals surface area contributed by atoms with Crippen molar-refractivity contribution in [1.29, 1.82) is 0 Å². The van der Waals surface area contributed by atoms with Gasteiger partial charge in [-0.15, -0.1) is 0 Å². The fourth-order valence-corrected chi connectivity index (χ4v) is 2.32. The predicted octanol–water partition coefficient (Wildman–Crippen LogP) is 3.41. The summed E-state index contributed by atoms with van der Waals surface area (Å²) in [4.78, 5) is 16.1. The molecule has 0 radical (unpaired) electrons. The Morgan fingerprint density at radius 2 is 2.15 bits per heavy atom. The molecule has 0 aliphatic rings. The number of pyridine rings is 1. The maximum absolute atomic E-state index is 12.1. The number of ether oxygens (including phenoxy) is 1. The minimum atomic E-state index is -0.367. The molecule has 0 spiro atoms. The number of rotatable bonds is 8. The van der Waals surface area contributed by atoms with Crippen LogP contribution in [0.25, 0.3) is 11.3 Å². The van der Waals surface area contributed by atoms with E-state index in [0.717, 1.165) is 29.7 Å². The van der Waals surface area contributed by atoms with E-state index in [4.69, 9.17) is 4.74 Å². The second-order valence-corrected chi connectivity index (χ2v) is 5.88. The van der Waals surface area contributed by atoms with E-state index in [1.165, 1.54) is 6.21 Å². The lowest BCUT2D eigenvalue weighted by molar-refractivity contribution is 0.0950. The van der Waals surface area contributed by atoms with Crippen LogP contribution in [0.4, 0.5) is 0 Å². The first-order valence-electron chi connectivity index (χ1n) is 8.78. The van der Waals surface area contributed by atoms with E-state index >= 15 is 0 Å². The molecular formula is C20H21N5O2. The summed E-state index contributed by atoms with van der Waals surface area (Å²) in [5, 5.41) is 10.8. The molecule has 3 rings (SSSR count). The third kappa shape index (κ3) is 5.24. The molecule has 3 aromatic rings. The van der Waals surface area contributed by atoms with E-state index < -0.39 is 0 Å². The van der Waals surface area contributed by atoms with Gasteiger partial charge in [0.15, 0.2) is 0 Å². The topological polar surface area (TPSA) is 92.3 Å². The van der Waals surface area contributed by atoms with Gasteiger partial charge in [0.2, 0.25) is 0 Å². The van der Waals surface area contributed by atoms with E-state index in [2.05, 4.69) is 32.6 Å². The van der Waals surface area contributed by atoms with E-state index in [-0.39, 0.29) is 5.91 Å². The van der Waals surface area contributed by atoms with Crippen molar-refractivity contribution in [1.82, 2.24) is 20.6 Å². The molecule has 2 heterocycles. The third-order valence-corrected chi connectivity index (χ3v) is 3.80. The van der Waals surface area contributed by atoms with Crippen LogP contribution in [0.15, 0.2) is 60.0 Å². The Balaban J connectivity index is 1.58. The van der Waals surface area contributed by atoms with Gasteiger partial charge in [-0.3, -0.25) is 14.9 Å². The Bertz CT molecular complexity index is 888. The summed E-state index contributed by atoms with van der Waals surface area (Å²) in [5.74, 6) is 0.457. The number of nitrogens with zero attached hydrogens (tertiary/aromatic N) is 3. The Hall–Kier alpha value is -3.48. The lowest BCUT2D eigenvalue weighted by atomic mass is 10.1. The molecule has 0 fully saturated rings. The minimum absolute atomic E-state index is 0.330. The Morgan fingerprint density at radius 1 is 1.30 bits per heavy atom. The summed E-state index contributed by atoms with van der Waals surface area (Å²) in [6.45, 7) is 2.84. The number of nitrogens with one attached hydrogen (secondary N) is 2. The van der Waals surface area contributed by atoms with Crippen LogP contribution in [0, 0.1) is 0 Å². The highest BCUT2D eigenvalue weighted by atomic mass is 16.5. The highest BCUT2D eigenvalue weighted by Crippen LogP contribution is 2.21. The SMILES string of the molecule is CCCCOc1ccc(-c2cc(C(=O)N/N=C/c3cccnc3)[nH]n2)cc1. The van der Waals surface area contributed by atoms with Gasteiger partial charge in [0.05, 0.1) is 18.5 Å². The van der Waals surface area contributed by atoms with Gasteiger partial charge in [0, 0.05) is 23.5 Å². The average molecular weight is 363 g/mol. The second kappa shape index (κ2) is 9.28. The lowest BCUT2D eigenvalue weighted by Crippen LogP contribution is -2.18. The van der Waals surface area contributed by atoms with Crippen LogP contribution in [0.5, 0.6) is 5.75 Å². The van der Waals surface area contributed by atoms with Crippen molar-refractivity contribution in [3.63, 3.8) is 0 Å². The van der Waals surface area contributed by atoms with Crippen LogP contribution in [0.2, 0.25) is 0 Å². The van der Waals surface area contributed by atoms with Crippen molar-refractivity contribution in [2.24, 2.45) is 5.10 Å². The van der Waals surface area contributed by atoms with Gasteiger partial charge in [-0.1, -0.05) is 19.4 Å². The second-order valence-electron chi connectivity index (χ2n) is 5.88. The molecule has 0 aliphatic carbocycles. The van der Waals surface area contributed by atoms with Crippen LogP contribution in [-0.2, 0) is 0 Å². The molecule has 0 unspecified atom stereocenters. The van der Waals surface area contributed by atoms with E-state index in [1.807, 2.05) is 30.3 Å². The normalized spacial score (nSPS) is 10.9. The molecule has 2 N–H and O–H groups in total. The van der Waals surface area contributed by atoms with Gasteiger partial charge < -0.3 is 4.74 Å². The zero-order valence-electron chi connectivity index (χ0n) is 15.1. The molecule has 0 saturated heterocycles. The highest BCUT2D eigenvalue weighted by Gasteiger charge is 2.10. The van der Waals surface area contributed by atoms with Crippen LogP contribution in [0.3, 0.4) is 0 Å². The molecule has 1 aromatic carbocycles. The first-order valence-corrected chi connectivity index (χ1v) is 8.78. The van der Waals surface area contributed by atoms with E-state index in [9.17, 15) is 4.79 Å². The van der Waals surface area contributed by atoms with Crippen molar-refractivity contribution < 1.29 is 9.53 Å². The smallest absolute Gasteiger partial charge is 0.289 e. The standard InChI is InChI=1S/C20H21N5O2/c1-2-3-11-27-17-8-6-16(7-9-17)18-12-19(24-23-18)20(26)25-22-14-15-5-4-10-21-13-15/h4-10,12-14H,2-3,11H2,1H3,(H,23,24)(H,25,26)/b22-14+. The highest BCUT2D eigenvalue weighted by molar-refractivity contribution is 5.94. The van der Waals surface area contributed by atoms with Crippen LogP contribution in [-0.4, -0.2) is 33.9 Å². The first kappa shape index (κ1) is 18.3. The van der Waals surface area contributed by atoms with Gasteiger partial charge in [-0.05, 0) is 42.8 Å². The van der Waals surface area contributed by atoms with Crippen molar-refractivity contribution in [3.8, 4) is 17.0 Å². The number of aromatic amines is 1. The molecule has 0 aliphatic heterocycles. The number of benzene rings is 1. The minimum Gasteiger partial charge on any atom is -0.494 e. The lowest BCUT2D eigenvalue weighted by Gasteiger charge is -2.05. The number of H-pyrrole nitrogens is 1. The molecule has 2 aromatic heterocycles. The molecule has 138 valence electrons.